The lowest BCUT2D eigenvalue weighted by Crippen LogP contribution is -2.29. The van der Waals surface area contributed by atoms with Crippen molar-refractivity contribution in [3.05, 3.63) is 11.9 Å². The van der Waals surface area contributed by atoms with Crippen LogP contribution in [0.4, 0.5) is 11.6 Å². The van der Waals surface area contributed by atoms with E-state index in [1.165, 1.54) is 0 Å². The molecule has 0 bridgehead atoms. The Kier molecular flexibility index (Phi) is 5.80. The molecule has 1 aromatic rings. The van der Waals surface area contributed by atoms with Crippen molar-refractivity contribution in [2.24, 2.45) is 5.84 Å². The first-order valence-corrected chi connectivity index (χ1v) is 6.27. The zero-order valence-corrected chi connectivity index (χ0v) is 11.6. The zero-order chi connectivity index (χ0) is 13.5. The molecule has 0 amide bonds. The molecule has 3 N–H and O–H groups in total. The van der Waals surface area contributed by atoms with Crippen molar-refractivity contribution in [1.82, 2.24) is 9.97 Å². The number of ether oxygens (including phenoxy) is 1. The molecule has 0 saturated carbocycles. The average Bonchev–Trinajstić information content (AvgIpc) is 2.42. The van der Waals surface area contributed by atoms with E-state index in [4.69, 9.17) is 10.6 Å². The van der Waals surface area contributed by atoms with E-state index < -0.39 is 0 Å². The molecule has 6 nitrogen and oxygen atoms in total. The molecule has 1 aromatic heterocycles. The first kappa shape index (κ1) is 14.7. The summed E-state index contributed by atoms with van der Waals surface area (Å²) in [6.07, 6.45) is 1.05. The summed E-state index contributed by atoms with van der Waals surface area (Å²) >= 11 is 0. The third-order valence-corrected chi connectivity index (χ3v) is 2.96. The van der Waals surface area contributed by atoms with Crippen molar-refractivity contribution >= 4 is 11.6 Å². The van der Waals surface area contributed by atoms with Gasteiger partial charge in [0, 0.05) is 25.8 Å². The van der Waals surface area contributed by atoms with Crippen molar-refractivity contribution in [2.45, 2.75) is 39.8 Å². The Hall–Kier alpha value is -1.40. The summed E-state index contributed by atoms with van der Waals surface area (Å²) < 4.78 is 5.33. The van der Waals surface area contributed by atoms with Gasteiger partial charge in [0.1, 0.15) is 18.2 Å². The SMILES string of the molecule is CCOCc1nc(NN)cc(N(C)C(C)CC)n1. The molecule has 1 rings (SSSR count). The Morgan fingerprint density at radius 3 is 2.72 bits per heavy atom. The maximum absolute atomic E-state index is 5.43. The third-order valence-electron chi connectivity index (χ3n) is 2.96. The fourth-order valence-electron chi connectivity index (χ4n) is 1.50. The summed E-state index contributed by atoms with van der Waals surface area (Å²) in [6.45, 7) is 7.27. The third kappa shape index (κ3) is 3.82. The normalized spacial score (nSPS) is 12.3. The number of anilines is 2. The molecule has 0 aliphatic heterocycles. The van der Waals surface area contributed by atoms with E-state index in [2.05, 4.69) is 34.1 Å². The van der Waals surface area contributed by atoms with Crippen LogP contribution in [0.5, 0.6) is 0 Å². The maximum Gasteiger partial charge on any atom is 0.158 e. The maximum atomic E-state index is 5.43. The van der Waals surface area contributed by atoms with Gasteiger partial charge in [-0.1, -0.05) is 6.92 Å². The van der Waals surface area contributed by atoms with E-state index >= 15 is 0 Å². The Labute approximate surface area is 109 Å². The molecule has 0 spiro atoms. The van der Waals surface area contributed by atoms with E-state index in [1.54, 1.807) is 0 Å². The molecule has 18 heavy (non-hydrogen) atoms. The lowest BCUT2D eigenvalue weighted by molar-refractivity contribution is 0.128. The predicted molar refractivity (Wildman–Crippen MR) is 73.3 cm³/mol. The molecule has 0 aliphatic rings. The molecule has 0 aliphatic carbocycles. The molecule has 6 heteroatoms. The first-order valence-electron chi connectivity index (χ1n) is 6.27. The van der Waals surface area contributed by atoms with Gasteiger partial charge in [0.15, 0.2) is 5.82 Å². The van der Waals surface area contributed by atoms with Crippen LogP contribution in [-0.2, 0) is 11.3 Å². The van der Waals surface area contributed by atoms with Gasteiger partial charge in [0.05, 0.1) is 0 Å². The van der Waals surface area contributed by atoms with E-state index in [9.17, 15) is 0 Å². The molecule has 1 heterocycles. The standard InChI is InChI=1S/C12H23N5O/c1-5-9(3)17(4)12-7-10(16-13)14-11(15-12)8-18-6-2/h7,9H,5-6,8,13H2,1-4H3,(H,14,15,16). The van der Waals surface area contributed by atoms with Crippen LogP contribution in [0, 0.1) is 0 Å². The minimum absolute atomic E-state index is 0.396. The molecule has 1 atom stereocenters. The van der Waals surface area contributed by atoms with Gasteiger partial charge in [-0.05, 0) is 20.3 Å². The van der Waals surface area contributed by atoms with Crippen LogP contribution in [0.3, 0.4) is 0 Å². The number of rotatable bonds is 7. The molecule has 0 aromatic carbocycles. The monoisotopic (exact) mass is 253 g/mol. The molecular formula is C12H23N5O. The fourth-order valence-corrected chi connectivity index (χ4v) is 1.50. The number of nitrogen functional groups attached to an aromatic ring is 1. The summed E-state index contributed by atoms with van der Waals surface area (Å²) in [5.74, 6) is 7.51. The summed E-state index contributed by atoms with van der Waals surface area (Å²) in [6, 6.07) is 2.24. The Balaban J connectivity index is 2.95. The fraction of sp³-hybridized carbons (Fsp3) is 0.667. The molecule has 0 fully saturated rings. The van der Waals surface area contributed by atoms with Gasteiger partial charge in [-0.15, -0.1) is 0 Å². The molecule has 0 saturated heterocycles. The second kappa shape index (κ2) is 7.13. The summed E-state index contributed by atoms with van der Waals surface area (Å²) in [5.41, 5.74) is 2.56. The summed E-state index contributed by atoms with van der Waals surface area (Å²) in [5, 5.41) is 0. The van der Waals surface area contributed by atoms with Crippen molar-refractivity contribution in [3.63, 3.8) is 0 Å². The van der Waals surface area contributed by atoms with Gasteiger partial charge < -0.3 is 15.1 Å². The number of nitrogens with zero attached hydrogens (tertiary/aromatic N) is 3. The molecule has 0 radical (unpaired) electrons. The second-order valence-electron chi connectivity index (χ2n) is 4.18. The minimum Gasteiger partial charge on any atom is -0.374 e. The number of hydrogen-bond donors (Lipinski definition) is 2. The number of aromatic nitrogens is 2. The van der Waals surface area contributed by atoms with Crippen molar-refractivity contribution in [2.75, 3.05) is 24.0 Å². The largest absolute Gasteiger partial charge is 0.374 e. The Morgan fingerprint density at radius 2 is 2.17 bits per heavy atom. The number of nitrogens with one attached hydrogen (secondary N) is 1. The van der Waals surface area contributed by atoms with Crippen molar-refractivity contribution in [1.29, 1.82) is 0 Å². The molecule has 1 unspecified atom stereocenters. The second-order valence-corrected chi connectivity index (χ2v) is 4.18. The minimum atomic E-state index is 0.396. The first-order chi connectivity index (χ1) is 8.62. The van der Waals surface area contributed by atoms with Gasteiger partial charge in [-0.2, -0.15) is 0 Å². The van der Waals surface area contributed by atoms with E-state index in [1.807, 2.05) is 20.0 Å². The van der Waals surface area contributed by atoms with Crippen LogP contribution in [0.25, 0.3) is 0 Å². The van der Waals surface area contributed by atoms with Gasteiger partial charge in [-0.3, -0.25) is 0 Å². The zero-order valence-electron chi connectivity index (χ0n) is 11.6. The van der Waals surface area contributed by atoms with E-state index in [0.717, 1.165) is 12.2 Å². The van der Waals surface area contributed by atoms with Gasteiger partial charge in [0.25, 0.3) is 0 Å². The van der Waals surface area contributed by atoms with E-state index in [-0.39, 0.29) is 0 Å². The van der Waals surface area contributed by atoms with Crippen LogP contribution in [0.2, 0.25) is 0 Å². The number of nitrogens with two attached hydrogens (primary N) is 1. The topological polar surface area (TPSA) is 76.3 Å². The summed E-state index contributed by atoms with van der Waals surface area (Å²) in [7, 11) is 2.02. The highest BCUT2D eigenvalue weighted by Crippen LogP contribution is 2.17. The highest BCUT2D eigenvalue weighted by atomic mass is 16.5. The van der Waals surface area contributed by atoms with Gasteiger partial charge in [-0.25, -0.2) is 15.8 Å². The lowest BCUT2D eigenvalue weighted by atomic mass is 10.2. The number of hydrazine groups is 1. The molecule has 102 valence electrons. The van der Waals surface area contributed by atoms with E-state index in [0.29, 0.717) is 30.9 Å². The Morgan fingerprint density at radius 1 is 1.44 bits per heavy atom. The highest BCUT2D eigenvalue weighted by Gasteiger charge is 2.12. The lowest BCUT2D eigenvalue weighted by Gasteiger charge is -2.25. The van der Waals surface area contributed by atoms with Crippen LogP contribution in [0.15, 0.2) is 6.07 Å². The van der Waals surface area contributed by atoms with Crippen LogP contribution in [-0.4, -0.2) is 29.7 Å². The number of hydrogen-bond acceptors (Lipinski definition) is 6. The van der Waals surface area contributed by atoms with Crippen molar-refractivity contribution in [3.8, 4) is 0 Å². The smallest absolute Gasteiger partial charge is 0.158 e. The van der Waals surface area contributed by atoms with Gasteiger partial charge in [0.2, 0.25) is 0 Å². The quantitative estimate of drug-likeness (QED) is 0.567. The molecular weight excluding hydrogens is 230 g/mol. The van der Waals surface area contributed by atoms with Gasteiger partial charge >= 0.3 is 0 Å². The average molecular weight is 253 g/mol. The van der Waals surface area contributed by atoms with Crippen LogP contribution >= 0.6 is 0 Å². The van der Waals surface area contributed by atoms with Crippen LogP contribution in [0.1, 0.15) is 33.0 Å². The van der Waals surface area contributed by atoms with Crippen molar-refractivity contribution < 1.29 is 4.74 Å². The summed E-state index contributed by atoms with van der Waals surface area (Å²) in [4.78, 5) is 10.8. The predicted octanol–water partition coefficient (Wildman–Crippen LogP) is 1.53. The van der Waals surface area contributed by atoms with Crippen LogP contribution < -0.4 is 16.2 Å². The Bertz CT molecular complexity index is 371. The highest BCUT2D eigenvalue weighted by molar-refractivity contribution is 5.48.